The van der Waals surface area contributed by atoms with E-state index in [1.807, 2.05) is 23.7 Å². The van der Waals surface area contributed by atoms with E-state index in [4.69, 9.17) is 0 Å². The molecule has 1 saturated heterocycles. The fraction of sp³-hybridized carbons (Fsp3) is 0.450. The second-order valence-electron chi connectivity index (χ2n) is 7.93. The fourth-order valence-corrected chi connectivity index (χ4v) is 6.97. The topological polar surface area (TPSA) is 93.9 Å². The van der Waals surface area contributed by atoms with E-state index >= 15 is 0 Å². The summed E-state index contributed by atoms with van der Waals surface area (Å²) in [6, 6.07) is 5.84. The number of nitrogens with zero attached hydrogens (tertiary/aromatic N) is 3. The highest BCUT2D eigenvalue weighted by Crippen LogP contribution is 2.32. The molecule has 3 heterocycles. The number of benzene rings is 1. The van der Waals surface area contributed by atoms with Gasteiger partial charge in [0.2, 0.25) is 0 Å². The van der Waals surface area contributed by atoms with Crippen molar-refractivity contribution in [3.8, 4) is 0 Å². The Bertz CT molecular complexity index is 1230. The molecule has 0 spiro atoms. The number of carbonyl (C=O) groups excluding carboxylic acids is 1. The predicted molar refractivity (Wildman–Crippen MR) is 113 cm³/mol. The molecule has 0 bridgehead atoms. The molecule has 152 valence electrons. The van der Waals surface area contributed by atoms with Crippen molar-refractivity contribution in [2.24, 2.45) is 0 Å². The standard InChI is InChI=1S/C20H22N4O3S2/c1-12-6-7-15-17(10-12)28-20(21-15)22-19(25)18-14-4-2-3-5-16(14)24(23-18)13-8-9-29(26,27)11-13/h6-7,10,13H,2-5,8-9,11H2,1H3,(H,21,22,25)/t13-/m1/s1. The molecule has 1 amide bonds. The van der Waals surface area contributed by atoms with Crippen LogP contribution in [0.15, 0.2) is 18.2 Å². The van der Waals surface area contributed by atoms with Gasteiger partial charge in [0.15, 0.2) is 20.7 Å². The van der Waals surface area contributed by atoms with Gasteiger partial charge in [0.1, 0.15) is 0 Å². The van der Waals surface area contributed by atoms with Gasteiger partial charge in [-0.25, -0.2) is 13.4 Å². The minimum Gasteiger partial charge on any atom is -0.296 e. The van der Waals surface area contributed by atoms with Gasteiger partial charge < -0.3 is 0 Å². The van der Waals surface area contributed by atoms with Gasteiger partial charge in [-0.2, -0.15) is 5.10 Å². The molecule has 1 aliphatic heterocycles. The molecule has 7 nitrogen and oxygen atoms in total. The molecular formula is C20H22N4O3S2. The van der Waals surface area contributed by atoms with E-state index in [2.05, 4.69) is 21.5 Å². The fourth-order valence-electron chi connectivity index (χ4n) is 4.32. The number of carbonyl (C=O) groups is 1. The number of anilines is 1. The van der Waals surface area contributed by atoms with Crippen molar-refractivity contribution in [1.82, 2.24) is 14.8 Å². The molecule has 0 radical (unpaired) electrons. The Morgan fingerprint density at radius 3 is 2.90 bits per heavy atom. The number of hydrogen-bond donors (Lipinski definition) is 1. The number of hydrogen-bond acceptors (Lipinski definition) is 6. The monoisotopic (exact) mass is 430 g/mol. The highest BCUT2D eigenvalue weighted by atomic mass is 32.2. The van der Waals surface area contributed by atoms with Gasteiger partial charge in [0.05, 0.1) is 27.8 Å². The third-order valence-corrected chi connectivity index (χ3v) is 8.43. The minimum absolute atomic E-state index is 0.111. The van der Waals surface area contributed by atoms with Crippen LogP contribution >= 0.6 is 11.3 Å². The van der Waals surface area contributed by atoms with Crippen LogP contribution in [0.2, 0.25) is 0 Å². The summed E-state index contributed by atoms with van der Waals surface area (Å²) in [5.74, 6) is 0.0387. The number of fused-ring (bicyclic) bond motifs is 2. The normalized spacial score (nSPS) is 20.7. The SMILES string of the molecule is Cc1ccc2nc(NC(=O)c3nn([C@@H]4CCS(=O)(=O)C4)c4c3CCCC4)sc2c1. The summed E-state index contributed by atoms with van der Waals surface area (Å²) in [5, 5.41) is 8.09. The first kappa shape index (κ1) is 18.7. The molecule has 1 fully saturated rings. The molecule has 2 aromatic heterocycles. The summed E-state index contributed by atoms with van der Waals surface area (Å²) in [7, 11) is -3.02. The van der Waals surface area contributed by atoms with Crippen LogP contribution in [0, 0.1) is 6.92 Å². The molecule has 2 aliphatic rings. The Hall–Kier alpha value is -2.26. The molecule has 1 aromatic carbocycles. The third-order valence-electron chi connectivity index (χ3n) is 5.74. The predicted octanol–water partition coefficient (Wildman–Crippen LogP) is 3.29. The second kappa shape index (κ2) is 6.91. The van der Waals surface area contributed by atoms with Gasteiger partial charge in [-0.15, -0.1) is 0 Å². The molecule has 9 heteroatoms. The molecule has 3 aromatic rings. The summed E-state index contributed by atoms with van der Waals surface area (Å²) in [5.41, 5.74) is 4.43. The summed E-state index contributed by atoms with van der Waals surface area (Å²) in [4.78, 5) is 17.6. The summed E-state index contributed by atoms with van der Waals surface area (Å²) in [6.45, 7) is 2.03. The Kier molecular flexibility index (Phi) is 4.47. The number of amides is 1. The maximum atomic E-state index is 13.0. The Labute approximate surface area is 173 Å². The van der Waals surface area contributed by atoms with Crippen LogP contribution in [0.5, 0.6) is 0 Å². The molecular weight excluding hydrogens is 408 g/mol. The van der Waals surface area contributed by atoms with E-state index in [9.17, 15) is 13.2 Å². The molecule has 0 saturated carbocycles. The zero-order valence-corrected chi connectivity index (χ0v) is 17.8. The lowest BCUT2D eigenvalue weighted by Crippen LogP contribution is -2.17. The van der Waals surface area contributed by atoms with Crippen molar-refractivity contribution < 1.29 is 13.2 Å². The van der Waals surface area contributed by atoms with Crippen LogP contribution in [0.3, 0.4) is 0 Å². The lowest BCUT2D eigenvalue weighted by Gasteiger charge is -2.17. The van der Waals surface area contributed by atoms with Gasteiger partial charge >= 0.3 is 0 Å². The molecule has 1 aliphatic carbocycles. The van der Waals surface area contributed by atoms with Crippen molar-refractivity contribution in [3.05, 3.63) is 40.7 Å². The average Bonchev–Trinajstić information content (AvgIpc) is 3.35. The van der Waals surface area contributed by atoms with E-state index < -0.39 is 9.84 Å². The maximum Gasteiger partial charge on any atom is 0.278 e. The van der Waals surface area contributed by atoms with Gasteiger partial charge in [0, 0.05) is 11.3 Å². The zero-order valence-electron chi connectivity index (χ0n) is 16.1. The van der Waals surface area contributed by atoms with Crippen molar-refractivity contribution in [1.29, 1.82) is 0 Å². The number of sulfone groups is 1. The highest BCUT2D eigenvalue weighted by molar-refractivity contribution is 7.91. The third kappa shape index (κ3) is 3.46. The summed E-state index contributed by atoms with van der Waals surface area (Å²) >= 11 is 1.45. The average molecular weight is 431 g/mol. The largest absolute Gasteiger partial charge is 0.296 e. The second-order valence-corrected chi connectivity index (χ2v) is 11.2. The molecule has 1 N–H and O–H groups in total. The first-order valence-electron chi connectivity index (χ1n) is 9.89. The molecule has 29 heavy (non-hydrogen) atoms. The van der Waals surface area contributed by atoms with E-state index in [0.717, 1.165) is 52.7 Å². The van der Waals surface area contributed by atoms with Crippen molar-refractivity contribution in [2.75, 3.05) is 16.8 Å². The number of aromatic nitrogens is 3. The lowest BCUT2D eigenvalue weighted by atomic mass is 9.95. The first-order valence-corrected chi connectivity index (χ1v) is 12.5. The number of rotatable bonds is 3. The Morgan fingerprint density at radius 1 is 1.28 bits per heavy atom. The smallest absolute Gasteiger partial charge is 0.278 e. The number of aryl methyl sites for hydroxylation is 1. The lowest BCUT2D eigenvalue weighted by molar-refractivity contribution is 0.102. The van der Waals surface area contributed by atoms with Gasteiger partial charge in [0.25, 0.3) is 5.91 Å². The molecule has 0 unspecified atom stereocenters. The maximum absolute atomic E-state index is 13.0. The minimum atomic E-state index is -3.02. The Morgan fingerprint density at radius 2 is 2.10 bits per heavy atom. The summed E-state index contributed by atoms with van der Waals surface area (Å²) < 4.78 is 26.8. The van der Waals surface area contributed by atoms with Crippen LogP contribution in [0.25, 0.3) is 10.2 Å². The van der Waals surface area contributed by atoms with Gasteiger partial charge in [-0.05, 0) is 56.7 Å². The number of nitrogens with one attached hydrogen (secondary N) is 1. The van der Waals surface area contributed by atoms with Gasteiger partial charge in [-0.3, -0.25) is 14.8 Å². The van der Waals surface area contributed by atoms with E-state index in [0.29, 0.717) is 17.2 Å². The quantitative estimate of drug-likeness (QED) is 0.688. The van der Waals surface area contributed by atoms with Crippen LogP contribution in [-0.2, 0) is 22.7 Å². The van der Waals surface area contributed by atoms with E-state index in [1.54, 1.807) is 0 Å². The summed E-state index contributed by atoms with van der Waals surface area (Å²) in [6.07, 6.45) is 4.26. The van der Waals surface area contributed by atoms with E-state index in [-0.39, 0.29) is 23.5 Å². The van der Waals surface area contributed by atoms with Crippen LogP contribution in [0.4, 0.5) is 5.13 Å². The number of thiazole rings is 1. The molecule has 5 rings (SSSR count). The highest BCUT2D eigenvalue weighted by Gasteiger charge is 2.34. The van der Waals surface area contributed by atoms with Crippen molar-refractivity contribution in [3.63, 3.8) is 0 Å². The molecule has 1 atom stereocenters. The zero-order chi connectivity index (χ0) is 20.2. The first-order chi connectivity index (χ1) is 13.9. The van der Waals surface area contributed by atoms with Crippen LogP contribution in [0.1, 0.15) is 52.6 Å². The van der Waals surface area contributed by atoms with E-state index in [1.165, 1.54) is 11.3 Å². The van der Waals surface area contributed by atoms with Crippen LogP contribution in [-0.4, -0.2) is 40.6 Å². The van der Waals surface area contributed by atoms with Crippen molar-refractivity contribution in [2.45, 2.75) is 45.1 Å². The van der Waals surface area contributed by atoms with Crippen LogP contribution < -0.4 is 5.32 Å². The van der Waals surface area contributed by atoms with Crippen molar-refractivity contribution >= 4 is 42.4 Å². The Balaban J connectivity index is 1.47. The van der Waals surface area contributed by atoms with Gasteiger partial charge in [-0.1, -0.05) is 17.4 Å².